The van der Waals surface area contributed by atoms with Gasteiger partial charge in [0.1, 0.15) is 5.82 Å². The Balaban J connectivity index is 2.29. The fourth-order valence-electron chi connectivity index (χ4n) is 1.99. The van der Waals surface area contributed by atoms with Crippen LogP contribution in [0.3, 0.4) is 0 Å². The van der Waals surface area contributed by atoms with Crippen LogP contribution in [0.2, 0.25) is 0 Å². The number of benzene rings is 1. The number of allylic oxidation sites excluding steroid dienone is 2. The minimum absolute atomic E-state index is 0.157. The van der Waals surface area contributed by atoms with E-state index in [1.54, 1.807) is 12.1 Å². The molecule has 0 N–H and O–H groups in total. The number of rotatable bonds is 3. The zero-order valence-corrected chi connectivity index (χ0v) is 9.24. The first-order valence-electron chi connectivity index (χ1n) is 5.47. The number of halogens is 1. The first-order valence-corrected chi connectivity index (χ1v) is 5.47. The summed E-state index contributed by atoms with van der Waals surface area (Å²) in [6.45, 7) is 2.73. The number of hydrogen-bond acceptors (Lipinski definition) is 2. The summed E-state index contributed by atoms with van der Waals surface area (Å²) in [5, 5.41) is 0. The second-order valence-electron chi connectivity index (χ2n) is 3.83. The van der Waals surface area contributed by atoms with E-state index in [2.05, 4.69) is 0 Å². The molecule has 0 radical (unpaired) electrons. The fourth-order valence-corrected chi connectivity index (χ4v) is 1.99. The molecule has 0 bridgehead atoms. The lowest BCUT2D eigenvalue weighted by Crippen LogP contribution is -2.20. The van der Waals surface area contributed by atoms with E-state index in [1.807, 2.05) is 17.9 Å². The van der Waals surface area contributed by atoms with Gasteiger partial charge in [-0.25, -0.2) is 4.39 Å². The van der Waals surface area contributed by atoms with Crippen LogP contribution in [-0.2, 0) is 4.79 Å². The molecule has 0 aromatic heterocycles. The summed E-state index contributed by atoms with van der Waals surface area (Å²) >= 11 is 0. The summed E-state index contributed by atoms with van der Waals surface area (Å²) in [4.78, 5) is 13.2. The van der Waals surface area contributed by atoms with E-state index in [-0.39, 0.29) is 11.6 Å². The Hall–Kier alpha value is -1.64. The normalized spacial score (nSPS) is 15.1. The van der Waals surface area contributed by atoms with Crippen LogP contribution in [0.1, 0.15) is 19.8 Å². The molecule has 3 heteroatoms. The second-order valence-corrected chi connectivity index (χ2v) is 3.83. The van der Waals surface area contributed by atoms with Crippen LogP contribution in [-0.4, -0.2) is 12.3 Å². The first-order chi connectivity index (χ1) is 7.70. The van der Waals surface area contributed by atoms with Crippen molar-refractivity contribution in [2.24, 2.45) is 0 Å². The molecule has 2 rings (SSSR count). The van der Waals surface area contributed by atoms with Crippen molar-refractivity contribution in [3.8, 4) is 0 Å². The average molecular weight is 219 g/mol. The smallest absolute Gasteiger partial charge is 0.157 e. The van der Waals surface area contributed by atoms with Crippen LogP contribution >= 0.6 is 0 Å². The molecule has 1 aliphatic rings. The van der Waals surface area contributed by atoms with Crippen LogP contribution in [0.5, 0.6) is 0 Å². The molecule has 1 aromatic rings. The van der Waals surface area contributed by atoms with Gasteiger partial charge in [-0.1, -0.05) is 6.07 Å². The summed E-state index contributed by atoms with van der Waals surface area (Å²) in [6, 6.07) is 6.46. The maximum absolute atomic E-state index is 13.1. The number of carbonyl (C=O) groups excluding carboxylic acids is 1. The van der Waals surface area contributed by atoms with Crippen LogP contribution < -0.4 is 4.90 Å². The summed E-state index contributed by atoms with van der Waals surface area (Å²) < 4.78 is 13.1. The fraction of sp³-hybridized carbons (Fsp3) is 0.308. The van der Waals surface area contributed by atoms with Crippen molar-refractivity contribution < 1.29 is 9.18 Å². The second kappa shape index (κ2) is 4.47. The molecule has 0 saturated carbocycles. The molecule has 1 aliphatic carbocycles. The SMILES string of the molecule is CCN(C1=CC(=O)CC1)c1cccc(F)c1. The standard InChI is InChI=1S/C13H14FNO/c1-2-15(12-6-7-13(16)9-12)11-5-3-4-10(14)8-11/h3-5,8-9H,2,6-7H2,1H3. The minimum Gasteiger partial charge on any atom is -0.345 e. The summed E-state index contributed by atoms with van der Waals surface area (Å²) in [6.07, 6.45) is 2.98. The average Bonchev–Trinajstić information content (AvgIpc) is 2.66. The summed E-state index contributed by atoms with van der Waals surface area (Å²) in [5.41, 5.74) is 1.79. The van der Waals surface area contributed by atoms with Crippen molar-refractivity contribution in [2.45, 2.75) is 19.8 Å². The lowest BCUT2D eigenvalue weighted by molar-refractivity contribution is -0.114. The predicted octanol–water partition coefficient (Wildman–Crippen LogP) is 2.90. The van der Waals surface area contributed by atoms with Gasteiger partial charge in [0, 0.05) is 30.4 Å². The van der Waals surface area contributed by atoms with Gasteiger partial charge >= 0.3 is 0 Å². The Morgan fingerprint density at radius 1 is 1.38 bits per heavy atom. The van der Waals surface area contributed by atoms with E-state index in [4.69, 9.17) is 0 Å². The lowest BCUT2D eigenvalue weighted by Gasteiger charge is -2.24. The third-order valence-corrected chi connectivity index (χ3v) is 2.74. The Morgan fingerprint density at radius 2 is 2.19 bits per heavy atom. The van der Waals surface area contributed by atoms with Gasteiger partial charge < -0.3 is 4.90 Å². The molecule has 0 aliphatic heterocycles. The predicted molar refractivity (Wildman–Crippen MR) is 61.7 cm³/mol. The maximum atomic E-state index is 13.1. The van der Waals surface area contributed by atoms with Gasteiger partial charge in [0.25, 0.3) is 0 Å². The number of anilines is 1. The highest BCUT2D eigenvalue weighted by molar-refractivity contribution is 5.93. The van der Waals surface area contributed by atoms with E-state index in [1.165, 1.54) is 12.1 Å². The van der Waals surface area contributed by atoms with Crippen LogP contribution in [0, 0.1) is 5.82 Å². The van der Waals surface area contributed by atoms with Gasteiger partial charge in [-0.05, 0) is 31.5 Å². The van der Waals surface area contributed by atoms with Gasteiger partial charge in [0.2, 0.25) is 0 Å². The Kier molecular flexibility index (Phi) is 3.04. The van der Waals surface area contributed by atoms with Crippen LogP contribution in [0.4, 0.5) is 10.1 Å². The third-order valence-electron chi connectivity index (χ3n) is 2.74. The molecule has 0 atom stereocenters. The molecular weight excluding hydrogens is 205 g/mol. The van der Waals surface area contributed by atoms with Crippen molar-refractivity contribution in [1.82, 2.24) is 0 Å². The Bertz CT molecular complexity index is 439. The van der Waals surface area contributed by atoms with Crippen molar-refractivity contribution in [1.29, 1.82) is 0 Å². The third kappa shape index (κ3) is 2.13. The zero-order chi connectivity index (χ0) is 11.5. The Morgan fingerprint density at radius 3 is 2.75 bits per heavy atom. The monoisotopic (exact) mass is 219 g/mol. The minimum atomic E-state index is -0.249. The van der Waals surface area contributed by atoms with Gasteiger partial charge in [-0.15, -0.1) is 0 Å². The van der Waals surface area contributed by atoms with Crippen LogP contribution in [0.25, 0.3) is 0 Å². The molecule has 0 amide bonds. The number of ketones is 1. The lowest BCUT2D eigenvalue weighted by atomic mass is 10.2. The first kappa shape index (κ1) is 10.9. The highest BCUT2D eigenvalue weighted by Crippen LogP contribution is 2.26. The van der Waals surface area contributed by atoms with E-state index < -0.39 is 0 Å². The summed E-state index contributed by atoms with van der Waals surface area (Å²) in [7, 11) is 0. The zero-order valence-electron chi connectivity index (χ0n) is 9.24. The molecule has 1 aromatic carbocycles. The molecule has 2 nitrogen and oxygen atoms in total. The van der Waals surface area contributed by atoms with E-state index >= 15 is 0 Å². The van der Waals surface area contributed by atoms with Gasteiger partial charge in [0.05, 0.1) is 0 Å². The molecule has 0 saturated heterocycles. The number of carbonyl (C=O) groups is 1. The largest absolute Gasteiger partial charge is 0.345 e. The van der Waals surface area contributed by atoms with Crippen molar-refractivity contribution >= 4 is 11.5 Å². The van der Waals surface area contributed by atoms with Crippen LogP contribution in [0.15, 0.2) is 36.0 Å². The highest BCUT2D eigenvalue weighted by Gasteiger charge is 2.18. The number of nitrogens with zero attached hydrogens (tertiary/aromatic N) is 1. The van der Waals surface area contributed by atoms with Crippen molar-refractivity contribution in [2.75, 3.05) is 11.4 Å². The maximum Gasteiger partial charge on any atom is 0.157 e. The number of hydrogen-bond donors (Lipinski definition) is 0. The van der Waals surface area contributed by atoms with E-state index in [9.17, 15) is 9.18 Å². The van der Waals surface area contributed by atoms with E-state index in [0.717, 1.165) is 24.4 Å². The highest BCUT2D eigenvalue weighted by atomic mass is 19.1. The van der Waals surface area contributed by atoms with Gasteiger partial charge in [0.15, 0.2) is 5.78 Å². The van der Waals surface area contributed by atoms with Crippen molar-refractivity contribution in [3.05, 3.63) is 41.9 Å². The topological polar surface area (TPSA) is 20.3 Å². The Labute approximate surface area is 94.4 Å². The molecule has 0 spiro atoms. The molecule has 0 unspecified atom stereocenters. The molecule has 16 heavy (non-hydrogen) atoms. The molecular formula is C13H14FNO. The van der Waals surface area contributed by atoms with Crippen molar-refractivity contribution in [3.63, 3.8) is 0 Å². The quantitative estimate of drug-likeness (QED) is 0.779. The van der Waals surface area contributed by atoms with E-state index in [0.29, 0.717) is 6.42 Å². The molecule has 0 fully saturated rings. The van der Waals surface area contributed by atoms with Gasteiger partial charge in [-0.2, -0.15) is 0 Å². The summed E-state index contributed by atoms with van der Waals surface area (Å²) in [5.74, 6) is -0.0919. The van der Waals surface area contributed by atoms with Gasteiger partial charge in [-0.3, -0.25) is 4.79 Å². The molecule has 84 valence electrons. The molecule has 0 heterocycles.